The maximum Gasteiger partial charge on any atom is 0.407 e. The molecule has 4 heterocycles. The first kappa shape index (κ1) is 34.1. The van der Waals surface area contributed by atoms with Crippen LogP contribution in [0.15, 0.2) is 90.0 Å². The van der Waals surface area contributed by atoms with E-state index < -0.39 is 18.2 Å². The highest BCUT2D eigenvalue weighted by Gasteiger charge is 2.36. The van der Waals surface area contributed by atoms with E-state index in [1.165, 1.54) is 11.8 Å². The van der Waals surface area contributed by atoms with Gasteiger partial charge in [0.05, 0.1) is 40.5 Å². The second-order valence-corrected chi connectivity index (χ2v) is 14.6. The smallest absolute Gasteiger partial charge is 0.407 e. The molecule has 1 aliphatic heterocycles. The number of methoxy groups -OCH3 is 1. The molecule has 3 aliphatic rings. The number of alkyl carbamates (subject to hydrolysis) is 1. The van der Waals surface area contributed by atoms with Crippen LogP contribution in [-0.2, 0) is 16.1 Å². The number of aliphatic hydroxyl groups excluding tert-OH is 1. The number of nitrogens with one attached hydrogen (secondary N) is 3. The number of nitrogens with zero attached hydrogens (tertiary/aromatic N) is 3. The van der Waals surface area contributed by atoms with E-state index in [4.69, 9.17) is 9.47 Å². The van der Waals surface area contributed by atoms with E-state index in [9.17, 15) is 14.7 Å². The second kappa shape index (κ2) is 14.9. The van der Waals surface area contributed by atoms with Crippen molar-refractivity contribution in [3.63, 3.8) is 0 Å². The van der Waals surface area contributed by atoms with E-state index in [1.807, 2.05) is 42.5 Å². The van der Waals surface area contributed by atoms with Crippen molar-refractivity contribution < 1.29 is 24.2 Å². The topological polar surface area (TPSA) is 148 Å². The number of thioether (sulfide) groups is 1. The Bertz CT molecular complexity index is 2080. The Hall–Kier alpha value is -5.04. The summed E-state index contributed by atoms with van der Waals surface area (Å²) < 4.78 is 11.4. The molecule has 0 saturated heterocycles. The largest absolute Gasteiger partial charge is 0.481 e. The highest BCUT2D eigenvalue weighted by atomic mass is 32.2. The molecule has 1 fully saturated rings. The van der Waals surface area contributed by atoms with Gasteiger partial charge >= 0.3 is 6.09 Å². The van der Waals surface area contributed by atoms with E-state index in [1.54, 1.807) is 25.4 Å². The fraction of sp³-hybridized carbons (Fsp3) is 0.325. The molecule has 0 spiro atoms. The number of ether oxygens (including phenoxy) is 2. The summed E-state index contributed by atoms with van der Waals surface area (Å²) in [6.45, 7) is 0.749. The molecule has 0 bridgehead atoms. The number of carbonyl (C=O) groups is 2. The van der Waals surface area contributed by atoms with Crippen LogP contribution in [0.4, 0.5) is 10.6 Å². The number of rotatable bonds is 10. The average Bonchev–Trinajstić information content (AvgIpc) is 3.51. The first-order valence-corrected chi connectivity index (χ1v) is 18.7. The molecule has 4 N–H and O–H groups in total. The number of benzene rings is 2. The molecule has 2 aliphatic carbocycles. The van der Waals surface area contributed by atoms with Crippen LogP contribution >= 0.6 is 11.8 Å². The van der Waals surface area contributed by atoms with Gasteiger partial charge in [-0.05, 0) is 78.1 Å². The van der Waals surface area contributed by atoms with Crippen LogP contribution < -0.4 is 20.7 Å². The van der Waals surface area contributed by atoms with Crippen LogP contribution in [0.1, 0.15) is 60.1 Å². The lowest BCUT2D eigenvalue weighted by Gasteiger charge is -2.37. The molecule has 2 amide bonds. The number of carbonyl (C=O) groups excluding carboxylic acids is 2. The van der Waals surface area contributed by atoms with Crippen molar-refractivity contribution in [2.75, 3.05) is 24.8 Å². The van der Waals surface area contributed by atoms with Gasteiger partial charge in [0.2, 0.25) is 11.8 Å². The molecule has 52 heavy (non-hydrogen) atoms. The van der Waals surface area contributed by atoms with Crippen LogP contribution in [0.5, 0.6) is 5.88 Å². The zero-order chi connectivity index (χ0) is 35.6. The summed E-state index contributed by atoms with van der Waals surface area (Å²) in [6, 6.07) is 25.4. The molecule has 0 unspecified atom stereocenters. The summed E-state index contributed by atoms with van der Waals surface area (Å²) in [4.78, 5) is 40.3. The number of amides is 2. The zero-order valence-electron chi connectivity index (χ0n) is 28.7. The summed E-state index contributed by atoms with van der Waals surface area (Å²) in [5.41, 5.74) is 7.17. The predicted molar refractivity (Wildman–Crippen MR) is 199 cm³/mol. The summed E-state index contributed by atoms with van der Waals surface area (Å²) in [5.74, 6) is 1.29. The molecule has 11 nitrogen and oxygen atoms in total. The predicted octanol–water partition coefficient (Wildman–Crippen LogP) is 6.37. The maximum atomic E-state index is 13.7. The molecule has 266 valence electrons. The Balaban J connectivity index is 0.978. The van der Waals surface area contributed by atoms with Crippen molar-refractivity contribution in [2.24, 2.45) is 5.92 Å². The van der Waals surface area contributed by atoms with E-state index in [0.717, 1.165) is 58.5 Å². The van der Waals surface area contributed by atoms with Crippen LogP contribution in [-0.4, -0.2) is 63.6 Å². The van der Waals surface area contributed by atoms with Gasteiger partial charge in [-0.15, -0.1) is 11.8 Å². The van der Waals surface area contributed by atoms with Crippen molar-refractivity contribution in [1.82, 2.24) is 25.6 Å². The molecule has 5 aromatic rings. The Morgan fingerprint density at radius 1 is 0.962 bits per heavy atom. The number of aliphatic hydroxyl groups is 1. The second-order valence-electron chi connectivity index (χ2n) is 13.5. The van der Waals surface area contributed by atoms with E-state index in [0.29, 0.717) is 40.6 Å². The van der Waals surface area contributed by atoms with Gasteiger partial charge in [-0.2, -0.15) is 0 Å². The number of fused-ring (bicyclic) bond motifs is 5. The van der Waals surface area contributed by atoms with Gasteiger partial charge in [0, 0.05) is 36.3 Å². The van der Waals surface area contributed by atoms with Gasteiger partial charge in [0.25, 0.3) is 0 Å². The molecule has 1 saturated carbocycles. The molecule has 12 heteroatoms. The number of hydrogen-bond donors (Lipinski definition) is 4. The first-order chi connectivity index (χ1) is 25.4. The minimum atomic E-state index is -1.08. The lowest BCUT2D eigenvalue weighted by Crippen LogP contribution is -2.47. The molecular formula is C40H40N6O5S. The monoisotopic (exact) mass is 716 g/mol. The van der Waals surface area contributed by atoms with E-state index in [2.05, 4.69) is 55.2 Å². The number of pyridine rings is 3. The van der Waals surface area contributed by atoms with E-state index in [-0.39, 0.29) is 30.4 Å². The number of hydrogen-bond acceptors (Lipinski definition) is 10. The Morgan fingerprint density at radius 2 is 1.71 bits per heavy atom. The van der Waals surface area contributed by atoms with Crippen molar-refractivity contribution in [1.29, 1.82) is 0 Å². The zero-order valence-corrected chi connectivity index (χ0v) is 29.6. The minimum absolute atomic E-state index is 0.0311. The van der Waals surface area contributed by atoms with Crippen LogP contribution in [0.2, 0.25) is 0 Å². The van der Waals surface area contributed by atoms with Gasteiger partial charge in [0.1, 0.15) is 18.5 Å². The molecule has 0 radical (unpaired) electrons. The molecule has 2 aromatic carbocycles. The fourth-order valence-electron chi connectivity index (χ4n) is 7.84. The average molecular weight is 717 g/mol. The Morgan fingerprint density at radius 3 is 2.46 bits per heavy atom. The van der Waals surface area contributed by atoms with Crippen LogP contribution in [0.25, 0.3) is 22.2 Å². The van der Waals surface area contributed by atoms with Crippen LogP contribution in [0.3, 0.4) is 0 Å². The first-order valence-electron chi connectivity index (χ1n) is 17.7. The lowest BCUT2D eigenvalue weighted by molar-refractivity contribution is -0.113. The summed E-state index contributed by atoms with van der Waals surface area (Å²) in [6.07, 6.45) is 3.24. The van der Waals surface area contributed by atoms with Crippen molar-refractivity contribution in [3.05, 3.63) is 107 Å². The lowest BCUT2D eigenvalue weighted by atomic mass is 9.78. The summed E-state index contributed by atoms with van der Waals surface area (Å²) in [7, 11) is 1.55. The fourth-order valence-corrected chi connectivity index (χ4v) is 8.59. The quantitative estimate of drug-likeness (QED) is 0.129. The third kappa shape index (κ3) is 6.93. The van der Waals surface area contributed by atoms with Crippen molar-refractivity contribution in [3.8, 4) is 17.0 Å². The van der Waals surface area contributed by atoms with Crippen molar-refractivity contribution in [2.45, 2.75) is 61.2 Å². The number of anilines is 1. The maximum absolute atomic E-state index is 13.7. The van der Waals surface area contributed by atoms with Gasteiger partial charge < -0.3 is 30.5 Å². The molecule has 2 atom stereocenters. The third-order valence-corrected chi connectivity index (χ3v) is 11.5. The minimum Gasteiger partial charge on any atom is -0.481 e. The van der Waals surface area contributed by atoms with Gasteiger partial charge in [-0.1, -0.05) is 48.5 Å². The van der Waals surface area contributed by atoms with Crippen LogP contribution in [0, 0.1) is 5.92 Å². The van der Waals surface area contributed by atoms with Gasteiger partial charge in [0.15, 0.2) is 0 Å². The molecule has 8 rings (SSSR count). The normalized spacial score (nSPS) is 19.2. The Kier molecular flexibility index (Phi) is 9.76. The Labute approximate surface area is 306 Å². The molecular weight excluding hydrogens is 677 g/mol. The summed E-state index contributed by atoms with van der Waals surface area (Å²) in [5, 5.41) is 21.7. The van der Waals surface area contributed by atoms with Gasteiger partial charge in [-0.3, -0.25) is 9.78 Å². The highest BCUT2D eigenvalue weighted by molar-refractivity contribution is 8.00. The number of aromatic nitrogens is 3. The standard InChI is InChI=1S/C40H40N6O5S/c1-50-35-17-15-32-37(45-35)30(18-19-41-32)38(48)36(46-40(49)51-21-31-28-8-4-2-6-26(28)27-7-3-5-9-29(27)31)23-10-12-24(13-11-23)42-20-25-14-16-33-39(43-25)44-34(47)22-52-33/h2-9,14-19,23-24,31,36,38,42,48H,10-13,20-22H2,1H3,(H,46,49)(H,43,44,47)/t23?,24?,36-,38-/m1/s1. The van der Waals surface area contributed by atoms with Gasteiger partial charge in [-0.25, -0.2) is 14.8 Å². The highest BCUT2D eigenvalue weighted by Crippen LogP contribution is 2.44. The summed E-state index contributed by atoms with van der Waals surface area (Å²) >= 11 is 1.50. The van der Waals surface area contributed by atoms with E-state index >= 15 is 0 Å². The van der Waals surface area contributed by atoms with Crippen molar-refractivity contribution >= 4 is 40.6 Å². The SMILES string of the molecule is COc1ccc2nccc([C@@H](O)[C@H](NC(=O)OCC3c4ccccc4-c4ccccc43)C3CCC(NCc4ccc5c(n4)NC(=O)CS5)CC3)c2n1. The molecule has 3 aromatic heterocycles. The third-order valence-electron chi connectivity index (χ3n) is 10.5.